The van der Waals surface area contributed by atoms with Gasteiger partial charge in [0.05, 0.1) is 25.8 Å². The van der Waals surface area contributed by atoms with E-state index >= 15 is 0 Å². The Kier molecular flexibility index (Phi) is 6.98. The van der Waals surface area contributed by atoms with Gasteiger partial charge in [-0.15, -0.1) is 0 Å². The van der Waals surface area contributed by atoms with Gasteiger partial charge in [0, 0.05) is 15.6 Å². The van der Waals surface area contributed by atoms with Crippen molar-refractivity contribution >= 4 is 27.8 Å². The van der Waals surface area contributed by atoms with Crippen LogP contribution in [-0.2, 0) is 6.54 Å². The summed E-state index contributed by atoms with van der Waals surface area (Å²) in [5.41, 5.74) is 1.76. The number of Topliss-reactive ketones (excluding diaryl/α,β-unsaturated/α-hetero) is 1. The van der Waals surface area contributed by atoms with E-state index in [0.29, 0.717) is 29.2 Å². The van der Waals surface area contributed by atoms with Crippen LogP contribution in [0.3, 0.4) is 0 Å². The Balaban J connectivity index is 1.97. The van der Waals surface area contributed by atoms with Crippen molar-refractivity contribution in [3.8, 4) is 17.2 Å². The zero-order chi connectivity index (χ0) is 21.0. The van der Waals surface area contributed by atoms with Crippen molar-refractivity contribution in [1.29, 1.82) is 0 Å². The number of ether oxygens (including phenoxy) is 2. The maximum atomic E-state index is 12.9. The average molecular weight is 460 g/mol. The van der Waals surface area contributed by atoms with E-state index < -0.39 is 0 Å². The van der Waals surface area contributed by atoms with Crippen LogP contribution in [-0.4, -0.2) is 26.0 Å². The summed E-state index contributed by atoms with van der Waals surface area (Å²) in [5, 5.41) is 12.6. The summed E-state index contributed by atoms with van der Waals surface area (Å²) in [4.78, 5) is 14.3. The van der Waals surface area contributed by atoms with Crippen molar-refractivity contribution in [1.82, 2.24) is 0 Å². The summed E-state index contributed by atoms with van der Waals surface area (Å²) >= 11 is 3.44. The molecule has 0 bridgehead atoms. The van der Waals surface area contributed by atoms with Gasteiger partial charge in [0.1, 0.15) is 18.0 Å². The molecule has 0 unspecified atom stereocenters. The number of hydrogen-bond donors (Lipinski definition) is 1. The van der Waals surface area contributed by atoms with E-state index in [9.17, 15) is 9.90 Å². The minimum Gasteiger partial charge on any atom is -0.872 e. The molecule has 0 radical (unpaired) electrons. The number of allylic oxidation sites excluding steroid dienone is 1. The van der Waals surface area contributed by atoms with E-state index in [1.54, 1.807) is 19.3 Å². The molecule has 154 valence electrons. The Bertz CT molecular complexity index is 933. The number of carbonyl (C=O) groups excluding carboxylic acids is 1. The molecule has 0 aromatic heterocycles. The van der Waals surface area contributed by atoms with Gasteiger partial charge in [-0.25, -0.2) is 0 Å². The van der Waals surface area contributed by atoms with Crippen molar-refractivity contribution in [2.24, 2.45) is 0 Å². The standard InChI is InChI=1S/C23H26BrNO4/c1-4-10-25(11-5-2)14-18-19(26)8-7-17-22(27)21(29-23(17)18)13-15-12-16(24)6-9-20(15)28-3/h6-9,12-13,26H,4-5,10-11,14H2,1-3H3. The van der Waals surface area contributed by atoms with Gasteiger partial charge in [-0.05, 0) is 43.2 Å². The molecule has 1 aliphatic heterocycles. The number of quaternary nitrogens is 1. The van der Waals surface area contributed by atoms with Gasteiger partial charge in [0.15, 0.2) is 5.76 Å². The highest BCUT2D eigenvalue weighted by Gasteiger charge is 2.31. The number of benzene rings is 2. The lowest BCUT2D eigenvalue weighted by atomic mass is 10.0. The van der Waals surface area contributed by atoms with E-state index in [1.165, 1.54) is 11.0 Å². The van der Waals surface area contributed by atoms with Gasteiger partial charge >= 0.3 is 0 Å². The molecule has 0 atom stereocenters. The molecule has 2 aromatic rings. The molecule has 0 saturated carbocycles. The van der Waals surface area contributed by atoms with Crippen LogP contribution in [0, 0.1) is 0 Å². The topological polar surface area (TPSA) is 63.0 Å². The predicted molar refractivity (Wildman–Crippen MR) is 115 cm³/mol. The second-order valence-electron chi connectivity index (χ2n) is 7.17. The Morgan fingerprint density at radius 1 is 1.17 bits per heavy atom. The highest BCUT2D eigenvalue weighted by Crippen LogP contribution is 2.39. The molecule has 2 aromatic carbocycles. The molecule has 5 nitrogen and oxygen atoms in total. The van der Waals surface area contributed by atoms with Crippen LogP contribution >= 0.6 is 15.9 Å². The Morgan fingerprint density at radius 3 is 2.55 bits per heavy atom. The van der Waals surface area contributed by atoms with Gasteiger partial charge in [-0.1, -0.05) is 41.6 Å². The monoisotopic (exact) mass is 459 g/mol. The Hall–Kier alpha value is -2.31. The molecule has 29 heavy (non-hydrogen) atoms. The fourth-order valence-electron chi connectivity index (χ4n) is 3.67. The zero-order valence-corrected chi connectivity index (χ0v) is 18.6. The van der Waals surface area contributed by atoms with Gasteiger partial charge in [-0.2, -0.15) is 0 Å². The second-order valence-corrected chi connectivity index (χ2v) is 8.09. The molecule has 0 amide bonds. The number of carbonyl (C=O) groups is 1. The van der Waals surface area contributed by atoms with Crippen LogP contribution in [0.4, 0.5) is 0 Å². The van der Waals surface area contributed by atoms with Gasteiger partial charge in [0.2, 0.25) is 5.78 Å². The zero-order valence-electron chi connectivity index (χ0n) is 17.0. The number of ketones is 1. The fraction of sp³-hybridized carbons (Fsp3) is 0.348. The van der Waals surface area contributed by atoms with Crippen LogP contribution in [0.25, 0.3) is 6.08 Å². The summed E-state index contributed by atoms with van der Waals surface area (Å²) in [5.74, 6) is 0.959. The molecular weight excluding hydrogens is 434 g/mol. The molecule has 0 spiro atoms. The Morgan fingerprint density at radius 2 is 1.90 bits per heavy atom. The first kappa shape index (κ1) is 21.4. The van der Waals surface area contributed by atoms with Crippen molar-refractivity contribution in [3.05, 3.63) is 57.3 Å². The second kappa shape index (κ2) is 9.46. The molecular formula is C23H26BrNO4. The van der Waals surface area contributed by atoms with E-state index in [4.69, 9.17) is 9.47 Å². The van der Waals surface area contributed by atoms with Crippen molar-refractivity contribution < 1.29 is 24.3 Å². The van der Waals surface area contributed by atoms with E-state index in [0.717, 1.165) is 36.0 Å². The third-order valence-corrected chi connectivity index (χ3v) is 5.50. The van der Waals surface area contributed by atoms with Crippen LogP contribution < -0.4 is 19.5 Å². The van der Waals surface area contributed by atoms with E-state index in [2.05, 4.69) is 29.8 Å². The number of rotatable bonds is 8. The highest BCUT2D eigenvalue weighted by atomic mass is 79.9. The molecule has 1 aliphatic rings. The first-order valence-corrected chi connectivity index (χ1v) is 10.7. The van der Waals surface area contributed by atoms with E-state index in [1.807, 2.05) is 18.2 Å². The van der Waals surface area contributed by atoms with Crippen molar-refractivity contribution in [3.63, 3.8) is 0 Å². The average Bonchev–Trinajstić information content (AvgIpc) is 3.00. The van der Waals surface area contributed by atoms with E-state index in [-0.39, 0.29) is 17.3 Å². The number of fused-ring (bicyclic) bond motifs is 1. The Labute approximate surface area is 180 Å². The summed E-state index contributed by atoms with van der Waals surface area (Å²) in [6.45, 7) is 6.78. The quantitative estimate of drug-likeness (QED) is 0.614. The maximum Gasteiger partial charge on any atom is 0.231 e. The largest absolute Gasteiger partial charge is 0.872 e. The molecule has 1 heterocycles. The van der Waals surface area contributed by atoms with Gasteiger partial charge < -0.3 is 19.5 Å². The van der Waals surface area contributed by atoms with Crippen LogP contribution in [0.2, 0.25) is 0 Å². The molecule has 0 saturated heterocycles. The van der Waals surface area contributed by atoms with Crippen molar-refractivity contribution in [2.45, 2.75) is 33.2 Å². The lowest BCUT2D eigenvalue weighted by Gasteiger charge is -2.23. The molecule has 0 aliphatic carbocycles. The smallest absolute Gasteiger partial charge is 0.231 e. The minimum absolute atomic E-state index is 0.0810. The highest BCUT2D eigenvalue weighted by molar-refractivity contribution is 9.10. The summed E-state index contributed by atoms with van der Waals surface area (Å²) < 4.78 is 12.2. The fourth-order valence-corrected chi connectivity index (χ4v) is 4.05. The number of methoxy groups -OCH3 is 1. The van der Waals surface area contributed by atoms with Crippen LogP contribution in [0.1, 0.15) is 48.2 Å². The number of hydrogen-bond acceptors (Lipinski definition) is 4. The summed E-state index contributed by atoms with van der Waals surface area (Å²) in [6, 6.07) is 8.60. The SMILES string of the molecule is CCC[NH+](CCC)Cc1c([O-])ccc2c1OC(=Cc1cc(Br)ccc1OC)C2=O. The normalized spacial score (nSPS) is 14.4. The van der Waals surface area contributed by atoms with Crippen molar-refractivity contribution in [2.75, 3.05) is 20.2 Å². The molecule has 3 rings (SSSR count). The first-order valence-electron chi connectivity index (χ1n) is 9.92. The predicted octanol–water partition coefficient (Wildman–Crippen LogP) is 3.35. The van der Waals surface area contributed by atoms with Gasteiger partial charge in [-0.3, -0.25) is 4.79 Å². The third kappa shape index (κ3) is 4.65. The maximum absolute atomic E-state index is 12.9. The minimum atomic E-state index is -0.212. The molecule has 0 fully saturated rings. The third-order valence-electron chi connectivity index (χ3n) is 5.01. The summed E-state index contributed by atoms with van der Waals surface area (Å²) in [7, 11) is 1.58. The lowest BCUT2D eigenvalue weighted by Crippen LogP contribution is -3.10. The molecule has 1 N–H and O–H groups in total. The van der Waals surface area contributed by atoms with Gasteiger partial charge in [0.25, 0.3) is 0 Å². The lowest BCUT2D eigenvalue weighted by molar-refractivity contribution is -0.914. The van der Waals surface area contributed by atoms with Crippen LogP contribution in [0.15, 0.2) is 40.6 Å². The molecule has 6 heteroatoms. The summed E-state index contributed by atoms with van der Waals surface area (Å²) in [6.07, 6.45) is 3.74. The number of halogens is 1. The van der Waals surface area contributed by atoms with Crippen LogP contribution in [0.5, 0.6) is 17.2 Å². The first-order chi connectivity index (χ1) is 14.0. The number of nitrogens with one attached hydrogen (secondary N) is 1.